The van der Waals surface area contributed by atoms with Crippen molar-refractivity contribution in [3.63, 3.8) is 0 Å². The van der Waals surface area contributed by atoms with Crippen LogP contribution in [0.1, 0.15) is 36.8 Å². The maximum atomic E-state index is 12.2. The normalized spacial score (nSPS) is 14.6. The number of benzene rings is 1. The number of hydrogen-bond acceptors (Lipinski definition) is 2. The van der Waals surface area contributed by atoms with Crippen molar-refractivity contribution in [1.29, 1.82) is 0 Å². The third-order valence-electron chi connectivity index (χ3n) is 3.48. The lowest BCUT2D eigenvalue weighted by Crippen LogP contribution is -2.24. The summed E-state index contributed by atoms with van der Waals surface area (Å²) in [6.07, 6.45) is 6.38. The Morgan fingerprint density at radius 1 is 1.11 bits per heavy atom. The van der Waals surface area contributed by atoms with Crippen molar-refractivity contribution in [2.75, 3.05) is 11.0 Å². The Hall–Kier alpha value is -0.140. The first-order valence-electron chi connectivity index (χ1n) is 6.81. The Morgan fingerprint density at radius 3 is 2.68 bits per heavy atom. The lowest BCUT2D eigenvalue weighted by molar-refractivity contribution is 0.576. The lowest BCUT2D eigenvalue weighted by Gasteiger charge is -2.08. The Kier molecular flexibility index (Phi) is 5.65. The highest BCUT2D eigenvalue weighted by Gasteiger charge is 2.17. The first-order valence-corrected chi connectivity index (χ1v) is 9.82. The minimum Gasteiger partial charge on any atom is -0.211 e. The first-order chi connectivity index (χ1) is 9.13. The van der Waals surface area contributed by atoms with Crippen molar-refractivity contribution >= 4 is 32.6 Å². The van der Waals surface area contributed by atoms with Gasteiger partial charge in [-0.3, -0.25) is 0 Å². The fourth-order valence-electron chi connectivity index (χ4n) is 2.40. The molecule has 0 heterocycles. The summed E-state index contributed by atoms with van der Waals surface area (Å²) in [6, 6.07) is 5.54. The third-order valence-corrected chi connectivity index (χ3v) is 5.70. The van der Waals surface area contributed by atoms with Gasteiger partial charge in [0.05, 0.1) is 4.90 Å². The van der Waals surface area contributed by atoms with E-state index in [9.17, 15) is 8.42 Å². The number of sulfonamides is 1. The van der Waals surface area contributed by atoms with Crippen LogP contribution < -0.4 is 4.72 Å². The molecule has 1 aliphatic rings. The van der Waals surface area contributed by atoms with E-state index in [1.807, 2.05) is 12.1 Å². The fraction of sp³-hybridized carbons (Fsp3) is 0.571. The summed E-state index contributed by atoms with van der Waals surface area (Å²) in [4.78, 5) is 0.419. The van der Waals surface area contributed by atoms with Crippen LogP contribution in [-0.4, -0.2) is 19.4 Å². The molecule has 0 spiro atoms. The molecule has 0 saturated heterocycles. The van der Waals surface area contributed by atoms with Crippen LogP contribution in [0.5, 0.6) is 0 Å². The minimum absolute atomic E-state index is 0.419. The highest BCUT2D eigenvalue weighted by atomic mass is 127. The first kappa shape index (κ1) is 15.3. The summed E-state index contributed by atoms with van der Waals surface area (Å²) in [7, 11) is -3.32. The van der Waals surface area contributed by atoms with Gasteiger partial charge in [0.2, 0.25) is 10.0 Å². The number of nitrogens with one attached hydrogen (secondary N) is 1. The van der Waals surface area contributed by atoms with Crippen LogP contribution in [0.25, 0.3) is 0 Å². The number of unbranched alkanes of at least 4 members (excludes halogenated alkanes) is 2. The summed E-state index contributed by atoms with van der Waals surface area (Å²) in [6.45, 7) is 0.538. The number of aryl methyl sites for hydroxylation is 2. The van der Waals surface area contributed by atoms with Gasteiger partial charge in [0.1, 0.15) is 0 Å². The van der Waals surface area contributed by atoms with Crippen LogP contribution in [0.4, 0.5) is 0 Å². The van der Waals surface area contributed by atoms with Crippen LogP contribution in [-0.2, 0) is 22.9 Å². The quantitative estimate of drug-likeness (QED) is 0.440. The molecule has 0 saturated carbocycles. The molecule has 0 atom stereocenters. The van der Waals surface area contributed by atoms with Gasteiger partial charge in [-0.25, -0.2) is 13.1 Å². The van der Waals surface area contributed by atoms with Gasteiger partial charge in [-0.2, -0.15) is 0 Å². The standard InChI is InChI=1S/C14H20INO2S/c15-9-2-1-3-10-16-19(17,18)14-8-7-12-5-4-6-13(12)11-14/h7-8,11,16H,1-6,9-10H2. The van der Waals surface area contributed by atoms with Crippen molar-refractivity contribution in [2.24, 2.45) is 0 Å². The molecule has 2 rings (SSSR count). The second-order valence-corrected chi connectivity index (χ2v) is 7.78. The van der Waals surface area contributed by atoms with E-state index in [-0.39, 0.29) is 0 Å². The molecule has 1 aromatic carbocycles. The fourth-order valence-corrected chi connectivity index (χ4v) is 4.07. The van der Waals surface area contributed by atoms with Gasteiger partial charge in [0.15, 0.2) is 0 Å². The monoisotopic (exact) mass is 393 g/mol. The molecule has 0 fully saturated rings. The lowest BCUT2D eigenvalue weighted by atomic mass is 10.1. The molecule has 5 heteroatoms. The average Bonchev–Trinajstić information content (AvgIpc) is 2.85. The predicted molar refractivity (Wildman–Crippen MR) is 86.4 cm³/mol. The maximum absolute atomic E-state index is 12.2. The number of alkyl halides is 1. The van der Waals surface area contributed by atoms with E-state index in [0.717, 1.165) is 43.0 Å². The molecule has 0 radical (unpaired) electrons. The predicted octanol–water partition coefficient (Wildman–Crippen LogP) is 3.06. The van der Waals surface area contributed by atoms with Crippen LogP contribution in [0.3, 0.4) is 0 Å². The van der Waals surface area contributed by atoms with Gasteiger partial charge < -0.3 is 0 Å². The number of rotatable bonds is 7. The van der Waals surface area contributed by atoms with Gasteiger partial charge >= 0.3 is 0 Å². The molecule has 106 valence electrons. The smallest absolute Gasteiger partial charge is 0.211 e. The highest BCUT2D eigenvalue weighted by Crippen LogP contribution is 2.24. The summed E-state index contributed by atoms with van der Waals surface area (Å²) < 4.78 is 28.1. The van der Waals surface area contributed by atoms with Crippen molar-refractivity contribution in [2.45, 2.75) is 43.4 Å². The Balaban J connectivity index is 1.95. The molecule has 0 bridgehead atoms. The second-order valence-electron chi connectivity index (χ2n) is 4.93. The van der Waals surface area contributed by atoms with Gasteiger partial charge in [0, 0.05) is 6.54 Å². The Labute approximate surface area is 129 Å². The Morgan fingerprint density at radius 2 is 1.89 bits per heavy atom. The molecule has 1 N–H and O–H groups in total. The summed E-state index contributed by atoms with van der Waals surface area (Å²) >= 11 is 2.34. The SMILES string of the molecule is O=S(=O)(NCCCCCI)c1ccc2c(c1)CCC2. The molecule has 19 heavy (non-hydrogen) atoms. The Bertz CT molecular complexity index is 528. The van der Waals surface area contributed by atoms with E-state index in [4.69, 9.17) is 0 Å². The van der Waals surface area contributed by atoms with Crippen molar-refractivity contribution < 1.29 is 8.42 Å². The molecular weight excluding hydrogens is 373 g/mol. The van der Waals surface area contributed by atoms with Crippen LogP contribution in [0.2, 0.25) is 0 Å². The molecule has 1 aromatic rings. The topological polar surface area (TPSA) is 46.2 Å². The number of halogens is 1. The van der Waals surface area contributed by atoms with E-state index in [1.54, 1.807) is 6.07 Å². The van der Waals surface area contributed by atoms with Gasteiger partial charge in [-0.05, 0) is 59.8 Å². The van der Waals surface area contributed by atoms with E-state index in [1.165, 1.54) is 11.1 Å². The highest BCUT2D eigenvalue weighted by molar-refractivity contribution is 14.1. The molecule has 0 aliphatic heterocycles. The average molecular weight is 393 g/mol. The summed E-state index contributed by atoms with van der Waals surface area (Å²) in [5.74, 6) is 0. The van der Waals surface area contributed by atoms with Crippen molar-refractivity contribution in [1.82, 2.24) is 4.72 Å². The van der Waals surface area contributed by atoms with E-state index in [2.05, 4.69) is 27.3 Å². The molecule has 0 amide bonds. The van der Waals surface area contributed by atoms with Gasteiger partial charge in [-0.15, -0.1) is 0 Å². The summed E-state index contributed by atoms with van der Waals surface area (Å²) in [5.41, 5.74) is 2.51. The molecule has 0 aromatic heterocycles. The van der Waals surface area contributed by atoms with Crippen LogP contribution in [0.15, 0.2) is 23.1 Å². The molecule has 3 nitrogen and oxygen atoms in total. The third kappa shape index (κ3) is 4.16. The minimum atomic E-state index is -3.32. The van der Waals surface area contributed by atoms with E-state index in [0.29, 0.717) is 11.4 Å². The molecular formula is C14H20INO2S. The zero-order valence-electron chi connectivity index (χ0n) is 11.0. The van der Waals surface area contributed by atoms with Crippen LogP contribution >= 0.6 is 22.6 Å². The van der Waals surface area contributed by atoms with Crippen molar-refractivity contribution in [3.05, 3.63) is 29.3 Å². The summed E-state index contributed by atoms with van der Waals surface area (Å²) in [5, 5.41) is 0. The number of fused-ring (bicyclic) bond motifs is 1. The zero-order chi connectivity index (χ0) is 13.7. The van der Waals surface area contributed by atoms with E-state index < -0.39 is 10.0 Å². The van der Waals surface area contributed by atoms with Gasteiger partial charge in [-0.1, -0.05) is 35.1 Å². The van der Waals surface area contributed by atoms with Crippen molar-refractivity contribution in [3.8, 4) is 0 Å². The largest absolute Gasteiger partial charge is 0.240 e. The number of hydrogen-bond donors (Lipinski definition) is 1. The van der Waals surface area contributed by atoms with E-state index >= 15 is 0 Å². The second kappa shape index (κ2) is 7.04. The molecule has 1 aliphatic carbocycles. The van der Waals surface area contributed by atoms with Gasteiger partial charge in [0.25, 0.3) is 0 Å². The van der Waals surface area contributed by atoms with Crippen LogP contribution in [0, 0.1) is 0 Å². The maximum Gasteiger partial charge on any atom is 0.240 e. The molecule has 0 unspecified atom stereocenters. The zero-order valence-corrected chi connectivity index (χ0v) is 14.0.